The average Bonchev–Trinajstić information content (AvgIpc) is 2.85. The third-order valence-electron chi connectivity index (χ3n) is 4.26. The molecule has 8 heteroatoms. The molecule has 1 saturated carbocycles. The lowest BCUT2D eigenvalue weighted by molar-refractivity contribution is -0.174. The van der Waals surface area contributed by atoms with E-state index in [1.807, 2.05) is 0 Å². The molecule has 1 N–H and O–H groups in total. The molecule has 2 aliphatic rings. The third kappa shape index (κ3) is 2.72. The third-order valence-corrected chi connectivity index (χ3v) is 4.26. The Hall–Kier alpha value is -1.34. The van der Waals surface area contributed by atoms with Crippen molar-refractivity contribution in [2.24, 2.45) is 0 Å². The van der Waals surface area contributed by atoms with Crippen LogP contribution in [0.3, 0.4) is 0 Å². The number of alkyl halides is 4. The van der Waals surface area contributed by atoms with Crippen molar-refractivity contribution in [1.82, 2.24) is 10.2 Å². The van der Waals surface area contributed by atoms with Crippen molar-refractivity contribution in [1.29, 1.82) is 0 Å². The SMILES string of the molecule is CCC1C(=O)NC2(CCCC2)C(=O)N1CC(F)(F)C(F)F. The highest BCUT2D eigenvalue weighted by Gasteiger charge is 2.55. The molecule has 4 nitrogen and oxygen atoms in total. The molecule has 2 amide bonds. The predicted octanol–water partition coefficient (Wildman–Crippen LogP) is 1.94. The lowest BCUT2D eigenvalue weighted by Crippen LogP contribution is -2.70. The Kier molecular flexibility index (Phi) is 4.17. The van der Waals surface area contributed by atoms with Crippen LogP contribution in [0.5, 0.6) is 0 Å². The first-order valence-electron chi connectivity index (χ1n) is 7.02. The van der Waals surface area contributed by atoms with Crippen LogP contribution >= 0.6 is 0 Å². The summed E-state index contributed by atoms with van der Waals surface area (Å²) in [6.45, 7) is 0.134. The summed E-state index contributed by atoms with van der Waals surface area (Å²) in [6.07, 6.45) is -1.64. The minimum atomic E-state index is -4.32. The number of rotatable bonds is 4. The molecular weight excluding hydrogens is 292 g/mol. The predicted molar refractivity (Wildman–Crippen MR) is 66.1 cm³/mol. The largest absolute Gasteiger partial charge is 0.340 e. The van der Waals surface area contributed by atoms with E-state index in [0.717, 1.165) is 0 Å². The summed E-state index contributed by atoms with van der Waals surface area (Å²) in [6, 6.07) is -1.12. The number of hydrogen-bond acceptors (Lipinski definition) is 2. The number of piperazine rings is 1. The van der Waals surface area contributed by atoms with E-state index in [0.29, 0.717) is 30.6 Å². The molecule has 21 heavy (non-hydrogen) atoms. The maximum absolute atomic E-state index is 13.3. The van der Waals surface area contributed by atoms with E-state index in [2.05, 4.69) is 5.32 Å². The molecule has 1 aliphatic heterocycles. The molecule has 0 radical (unpaired) electrons. The Labute approximate surface area is 119 Å². The average molecular weight is 310 g/mol. The molecule has 1 atom stereocenters. The first-order valence-corrected chi connectivity index (χ1v) is 7.02. The molecule has 1 heterocycles. The van der Waals surface area contributed by atoms with E-state index < -0.39 is 42.3 Å². The number of nitrogens with one attached hydrogen (secondary N) is 1. The Morgan fingerprint density at radius 3 is 2.38 bits per heavy atom. The van der Waals surface area contributed by atoms with Crippen LogP contribution in [0, 0.1) is 0 Å². The molecule has 1 aliphatic carbocycles. The first-order chi connectivity index (χ1) is 9.73. The number of halogens is 4. The number of hydrogen-bond donors (Lipinski definition) is 1. The molecule has 0 aromatic rings. The Morgan fingerprint density at radius 2 is 1.90 bits per heavy atom. The lowest BCUT2D eigenvalue weighted by atomic mass is 9.90. The van der Waals surface area contributed by atoms with Crippen LogP contribution < -0.4 is 5.32 Å². The molecule has 0 aromatic heterocycles. The summed E-state index contributed by atoms with van der Waals surface area (Å²) in [4.78, 5) is 25.2. The molecule has 1 spiro atoms. The summed E-state index contributed by atoms with van der Waals surface area (Å²) < 4.78 is 51.5. The zero-order valence-corrected chi connectivity index (χ0v) is 11.7. The van der Waals surface area contributed by atoms with Crippen molar-refractivity contribution in [3.63, 3.8) is 0 Å². The minimum absolute atomic E-state index is 0.104. The first kappa shape index (κ1) is 16.0. The van der Waals surface area contributed by atoms with Gasteiger partial charge in [0.15, 0.2) is 0 Å². The van der Waals surface area contributed by atoms with Crippen LogP contribution in [0.4, 0.5) is 17.6 Å². The fourth-order valence-electron chi connectivity index (χ4n) is 3.13. The maximum Gasteiger partial charge on any atom is 0.324 e. The van der Waals surface area contributed by atoms with E-state index in [-0.39, 0.29) is 6.42 Å². The van der Waals surface area contributed by atoms with Gasteiger partial charge in [-0.05, 0) is 19.3 Å². The van der Waals surface area contributed by atoms with Gasteiger partial charge < -0.3 is 10.2 Å². The van der Waals surface area contributed by atoms with Crippen LogP contribution in [0.25, 0.3) is 0 Å². The van der Waals surface area contributed by atoms with Gasteiger partial charge in [0.2, 0.25) is 11.8 Å². The monoisotopic (exact) mass is 310 g/mol. The summed E-state index contributed by atoms with van der Waals surface area (Å²) in [7, 11) is 0. The standard InChI is InChI=1S/C13H18F4N2O2/c1-2-8-9(20)18-12(5-3-4-6-12)11(21)19(8)7-13(16,17)10(14)15/h8,10H,2-7H2,1H3,(H,18,20). The number of carbonyl (C=O) groups excluding carboxylic acids is 2. The highest BCUT2D eigenvalue weighted by molar-refractivity contribution is 6.00. The molecule has 2 rings (SSSR count). The maximum atomic E-state index is 13.3. The second-order valence-corrected chi connectivity index (χ2v) is 5.70. The van der Waals surface area contributed by atoms with Crippen LogP contribution in [0.15, 0.2) is 0 Å². The molecule has 120 valence electrons. The van der Waals surface area contributed by atoms with Crippen LogP contribution in [0.1, 0.15) is 39.0 Å². The molecule has 2 fully saturated rings. The van der Waals surface area contributed by atoms with Gasteiger partial charge in [-0.1, -0.05) is 19.8 Å². The minimum Gasteiger partial charge on any atom is -0.340 e. The fraction of sp³-hybridized carbons (Fsp3) is 0.846. The van der Waals surface area contributed by atoms with Gasteiger partial charge in [0.05, 0.1) is 6.54 Å². The summed E-state index contributed by atoms with van der Waals surface area (Å²) in [5, 5.41) is 2.62. The quantitative estimate of drug-likeness (QED) is 0.807. The number of amides is 2. The number of nitrogens with zero attached hydrogens (tertiary/aromatic N) is 1. The van der Waals surface area contributed by atoms with Gasteiger partial charge in [-0.3, -0.25) is 9.59 Å². The highest BCUT2D eigenvalue weighted by Crippen LogP contribution is 2.36. The summed E-state index contributed by atoms with van der Waals surface area (Å²) >= 11 is 0. The fourth-order valence-corrected chi connectivity index (χ4v) is 3.13. The van der Waals surface area contributed by atoms with Crippen molar-refractivity contribution in [2.75, 3.05) is 6.54 Å². The van der Waals surface area contributed by atoms with Crippen molar-refractivity contribution in [3.8, 4) is 0 Å². The summed E-state index contributed by atoms with van der Waals surface area (Å²) in [5.41, 5.74) is -1.18. The molecule has 1 saturated heterocycles. The highest BCUT2D eigenvalue weighted by atomic mass is 19.3. The van der Waals surface area contributed by atoms with Crippen LogP contribution in [0.2, 0.25) is 0 Å². The van der Waals surface area contributed by atoms with Gasteiger partial charge in [-0.2, -0.15) is 8.78 Å². The Morgan fingerprint density at radius 1 is 1.33 bits per heavy atom. The van der Waals surface area contributed by atoms with Crippen molar-refractivity contribution < 1.29 is 27.2 Å². The van der Waals surface area contributed by atoms with E-state index in [1.54, 1.807) is 6.92 Å². The van der Waals surface area contributed by atoms with E-state index >= 15 is 0 Å². The van der Waals surface area contributed by atoms with Crippen LogP contribution in [-0.4, -0.2) is 47.2 Å². The second kappa shape index (κ2) is 5.46. The Balaban J connectivity index is 2.29. The zero-order valence-electron chi connectivity index (χ0n) is 11.7. The van der Waals surface area contributed by atoms with Gasteiger partial charge in [0.25, 0.3) is 0 Å². The van der Waals surface area contributed by atoms with Gasteiger partial charge >= 0.3 is 12.3 Å². The van der Waals surface area contributed by atoms with E-state index in [4.69, 9.17) is 0 Å². The van der Waals surface area contributed by atoms with Crippen LogP contribution in [-0.2, 0) is 9.59 Å². The molecule has 0 bridgehead atoms. The van der Waals surface area contributed by atoms with Gasteiger partial charge in [0, 0.05) is 0 Å². The normalized spacial score (nSPS) is 25.8. The molecule has 1 unspecified atom stereocenters. The number of carbonyl (C=O) groups is 2. The second-order valence-electron chi connectivity index (χ2n) is 5.70. The van der Waals surface area contributed by atoms with Gasteiger partial charge in [-0.15, -0.1) is 0 Å². The lowest BCUT2D eigenvalue weighted by Gasteiger charge is -2.45. The molecule has 0 aromatic carbocycles. The molecular formula is C13H18F4N2O2. The zero-order chi connectivity index (χ0) is 15.8. The van der Waals surface area contributed by atoms with Crippen molar-refractivity contribution in [2.45, 2.75) is 63.0 Å². The van der Waals surface area contributed by atoms with Gasteiger partial charge in [0.1, 0.15) is 11.6 Å². The van der Waals surface area contributed by atoms with Crippen molar-refractivity contribution >= 4 is 11.8 Å². The smallest absolute Gasteiger partial charge is 0.324 e. The Bertz CT molecular complexity index is 436. The van der Waals surface area contributed by atoms with E-state index in [9.17, 15) is 27.2 Å². The van der Waals surface area contributed by atoms with Gasteiger partial charge in [-0.25, -0.2) is 8.78 Å². The van der Waals surface area contributed by atoms with Crippen molar-refractivity contribution in [3.05, 3.63) is 0 Å². The van der Waals surface area contributed by atoms with E-state index in [1.165, 1.54) is 0 Å². The topological polar surface area (TPSA) is 49.4 Å². The summed E-state index contributed by atoms with van der Waals surface area (Å²) in [5.74, 6) is -5.52.